The van der Waals surface area contributed by atoms with Gasteiger partial charge in [-0.25, -0.2) is 9.37 Å². The first kappa shape index (κ1) is 21.9. The molecule has 2 N–H and O–H groups in total. The zero-order chi connectivity index (χ0) is 22.6. The maximum atomic E-state index is 14.2. The molecule has 0 aliphatic heterocycles. The molecule has 0 atom stereocenters. The third-order valence-corrected chi connectivity index (χ3v) is 4.08. The first-order chi connectivity index (χ1) is 14.7. The van der Waals surface area contributed by atoms with E-state index in [4.69, 9.17) is 14.2 Å². The van der Waals surface area contributed by atoms with Crippen molar-refractivity contribution in [2.45, 2.75) is 6.18 Å². The fourth-order valence-electron chi connectivity index (χ4n) is 2.61. The molecule has 0 aliphatic carbocycles. The molecular weight excluding hydrogens is 420 g/mol. The monoisotopic (exact) mass is 438 g/mol. The Hall–Kier alpha value is -3.76. The van der Waals surface area contributed by atoms with E-state index in [1.807, 2.05) is 0 Å². The molecule has 0 fully saturated rings. The van der Waals surface area contributed by atoms with Crippen LogP contribution in [0.2, 0.25) is 0 Å². The fourth-order valence-corrected chi connectivity index (χ4v) is 2.61. The Morgan fingerprint density at radius 3 is 1.87 bits per heavy atom. The third-order valence-electron chi connectivity index (χ3n) is 4.08. The summed E-state index contributed by atoms with van der Waals surface area (Å²) in [7, 11) is 4.20. The molecule has 11 heteroatoms. The van der Waals surface area contributed by atoms with Gasteiger partial charge in [-0.3, -0.25) is 0 Å². The number of nitrogens with one attached hydrogen (secondary N) is 2. The first-order valence-electron chi connectivity index (χ1n) is 8.77. The number of ether oxygens (including phenoxy) is 3. The van der Waals surface area contributed by atoms with Crippen LogP contribution in [0, 0.1) is 5.82 Å². The molecule has 1 aromatic heterocycles. The first-order valence-corrected chi connectivity index (χ1v) is 8.77. The molecule has 3 aromatic rings. The topological polar surface area (TPSA) is 77.5 Å². The largest absolute Gasteiger partial charge is 0.497 e. The van der Waals surface area contributed by atoms with Crippen molar-refractivity contribution >= 4 is 23.1 Å². The number of halogens is 4. The zero-order valence-electron chi connectivity index (χ0n) is 16.7. The van der Waals surface area contributed by atoms with Crippen molar-refractivity contribution in [2.24, 2.45) is 0 Å². The minimum absolute atomic E-state index is 0.00172. The number of benzene rings is 2. The van der Waals surface area contributed by atoms with E-state index in [1.165, 1.54) is 27.4 Å². The van der Waals surface area contributed by atoms with E-state index in [0.717, 1.165) is 18.3 Å². The molecule has 164 valence electrons. The van der Waals surface area contributed by atoms with Crippen molar-refractivity contribution in [3.8, 4) is 17.2 Å². The van der Waals surface area contributed by atoms with Gasteiger partial charge in [0.05, 0.1) is 33.1 Å². The second-order valence-electron chi connectivity index (χ2n) is 6.19. The van der Waals surface area contributed by atoms with Crippen LogP contribution in [-0.4, -0.2) is 31.3 Å². The smallest absolute Gasteiger partial charge is 0.416 e. The Morgan fingerprint density at radius 1 is 0.774 bits per heavy atom. The van der Waals surface area contributed by atoms with Gasteiger partial charge in [-0.05, 0) is 12.1 Å². The number of hydrogen-bond donors (Lipinski definition) is 2. The summed E-state index contributed by atoms with van der Waals surface area (Å²) in [6.07, 6.45) is -3.72. The number of rotatable bonds is 7. The second-order valence-corrected chi connectivity index (χ2v) is 6.19. The van der Waals surface area contributed by atoms with E-state index in [0.29, 0.717) is 17.2 Å². The van der Waals surface area contributed by atoms with Gasteiger partial charge in [-0.1, -0.05) is 0 Å². The molecule has 0 aliphatic rings. The van der Waals surface area contributed by atoms with Crippen LogP contribution in [0.4, 0.5) is 40.7 Å². The second kappa shape index (κ2) is 8.94. The normalized spacial score (nSPS) is 11.1. The number of alkyl halides is 3. The highest BCUT2D eigenvalue weighted by molar-refractivity contribution is 5.64. The van der Waals surface area contributed by atoms with Gasteiger partial charge >= 0.3 is 6.18 Å². The standard InChI is InChI=1S/C20H18F4N4O3/c1-29-14-5-11(20(22,23)24)4-12(6-14)26-18-17(21)10-25-19(28-18)27-13-7-15(30-2)9-16(8-13)31-3/h4-10H,1-3H3,(H2,25,26,27,28). The Bertz CT molecular complexity index is 1050. The van der Waals surface area contributed by atoms with Gasteiger partial charge in [0.25, 0.3) is 0 Å². The Kier molecular flexibility index (Phi) is 6.33. The highest BCUT2D eigenvalue weighted by Gasteiger charge is 2.31. The number of anilines is 4. The molecule has 0 saturated heterocycles. The van der Waals surface area contributed by atoms with E-state index in [1.54, 1.807) is 18.2 Å². The van der Waals surface area contributed by atoms with E-state index in [-0.39, 0.29) is 23.2 Å². The molecule has 0 spiro atoms. The van der Waals surface area contributed by atoms with Crippen molar-refractivity contribution in [3.63, 3.8) is 0 Å². The molecule has 0 amide bonds. The Balaban J connectivity index is 1.90. The molecule has 1 heterocycles. The molecule has 0 radical (unpaired) electrons. The summed E-state index contributed by atoms with van der Waals surface area (Å²) >= 11 is 0. The lowest BCUT2D eigenvalue weighted by molar-refractivity contribution is -0.137. The molecule has 0 bridgehead atoms. The lowest BCUT2D eigenvalue weighted by Gasteiger charge is -2.14. The van der Waals surface area contributed by atoms with Crippen LogP contribution in [-0.2, 0) is 6.18 Å². The van der Waals surface area contributed by atoms with Crippen LogP contribution in [0.15, 0.2) is 42.6 Å². The summed E-state index contributed by atoms with van der Waals surface area (Å²) in [6, 6.07) is 7.89. The average Bonchev–Trinajstić information content (AvgIpc) is 2.74. The summed E-state index contributed by atoms with van der Waals surface area (Å²) in [6.45, 7) is 0. The molecule has 2 aromatic carbocycles. The zero-order valence-corrected chi connectivity index (χ0v) is 16.7. The minimum atomic E-state index is -4.60. The van der Waals surface area contributed by atoms with Gasteiger partial charge in [0.1, 0.15) is 17.2 Å². The fraction of sp³-hybridized carbons (Fsp3) is 0.200. The van der Waals surface area contributed by atoms with Gasteiger partial charge in [-0.2, -0.15) is 18.2 Å². The average molecular weight is 438 g/mol. The molecule has 3 rings (SSSR count). The highest BCUT2D eigenvalue weighted by atomic mass is 19.4. The summed E-state index contributed by atoms with van der Waals surface area (Å²) in [4.78, 5) is 7.86. The third kappa shape index (κ3) is 5.44. The number of methoxy groups -OCH3 is 3. The van der Waals surface area contributed by atoms with E-state index in [2.05, 4.69) is 20.6 Å². The van der Waals surface area contributed by atoms with Crippen molar-refractivity contribution in [1.82, 2.24) is 9.97 Å². The predicted molar refractivity (Wildman–Crippen MR) is 106 cm³/mol. The van der Waals surface area contributed by atoms with Crippen molar-refractivity contribution in [1.29, 1.82) is 0 Å². The van der Waals surface area contributed by atoms with Crippen molar-refractivity contribution < 1.29 is 31.8 Å². The number of hydrogen-bond acceptors (Lipinski definition) is 7. The lowest BCUT2D eigenvalue weighted by atomic mass is 10.1. The molecule has 7 nitrogen and oxygen atoms in total. The van der Waals surface area contributed by atoms with Gasteiger partial charge in [0.15, 0.2) is 11.6 Å². The van der Waals surface area contributed by atoms with Crippen LogP contribution in [0.25, 0.3) is 0 Å². The van der Waals surface area contributed by atoms with Gasteiger partial charge in [0.2, 0.25) is 5.95 Å². The number of aromatic nitrogens is 2. The van der Waals surface area contributed by atoms with E-state index in [9.17, 15) is 17.6 Å². The van der Waals surface area contributed by atoms with E-state index >= 15 is 0 Å². The molecule has 31 heavy (non-hydrogen) atoms. The molecular formula is C20H18F4N4O3. The lowest BCUT2D eigenvalue weighted by Crippen LogP contribution is -2.07. The number of nitrogens with zero attached hydrogens (tertiary/aromatic N) is 2. The van der Waals surface area contributed by atoms with Crippen LogP contribution < -0.4 is 24.8 Å². The van der Waals surface area contributed by atoms with Gasteiger partial charge < -0.3 is 24.8 Å². The summed E-state index contributed by atoms with van der Waals surface area (Å²) < 4.78 is 68.9. The van der Waals surface area contributed by atoms with Crippen LogP contribution in [0.1, 0.15) is 5.56 Å². The van der Waals surface area contributed by atoms with Gasteiger partial charge in [-0.15, -0.1) is 0 Å². The van der Waals surface area contributed by atoms with Crippen LogP contribution >= 0.6 is 0 Å². The summed E-state index contributed by atoms with van der Waals surface area (Å²) in [5.74, 6) is -0.234. The quantitative estimate of drug-likeness (QED) is 0.494. The molecule has 0 unspecified atom stereocenters. The Labute approximate surface area is 175 Å². The predicted octanol–water partition coefficient (Wildman–Crippen LogP) is 5.15. The van der Waals surface area contributed by atoms with Crippen molar-refractivity contribution in [3.05, 3.63) is 54.0 Å². The summed E-state index contributed by atoms with van der Waals surface area (Å²) in [5.41, 5.74) is -0.515. The maximum absolute atomic E-state index is 14.2. The summed E-state index contributed by atoms with van der Waals surface area (Å²) in [5, 5.41) is 5.41. The van der Waals surface area contributed by atoms with E-state index < -0.39 is 17.6 Å². The molecule has 0 saturated carbocycles. The Morgan fingerprint density at radius 2 is 1.32 bits per heavy atom. The van der Waals surface area contributed by atoms with Gasteiger partial charge in [0, 0.05) is 35.6 Å². The SMILES string of the molecule is COc1cc(Nc2ncc(F)c(Nc3cc(OC)cc(C(F)(F)F)c3)n2)cc(OC)c1. The van der Waals surface area contributed by atoms with Crippen molar-refractivity contribution in [2.75, 3.05) is 32.0 Å². The minimum Gasteiger partial charge on any atom is -0.497 e. The maximum Gasteiger partial charge on any atom is 0.416 e. The van der Waals surface area contributed by atoms with Crippen LogP contribution in [0.3, 0.4) is 0 Å². The van der Waals surface area contributed by atoms with Crippen LogP contribution in [0.5, 0.6) is 17.2 Å². The highest BCUT2D eigenvalue weighted by Crippen LogP contribution is 2.35.